The van der Waals surface area contributed by atoms with E-state index in [1.165, 1.54) is 0 Å². The summed E-state index contributed by atoms with van der Waals surface area (Å²) in [6.07, 6.45) is 1.11. The number of para-hydroxylation sites is 1. The van der Waals surface area contributed by atoms with Crippen LogP contribution in [0.5, 0.6) is 0 Å². The second-order valence-corrected chi connectivity index (χ2v) is 6.14. The number of aromatic nitrogens is 2. The number of likely N-dealkylation sites (tertiary alicyclic amines) is 1. The summed E-state index contributed by atoms with van der Waals surface area (Å²) in [5.74, 6) is 1.06. The SMILES string of the molecule is CC(C)N1CCC(c2nc3c(C(N)=O)cccc3n2C)C1. The lowest BCUT2D eigenvalue weighted by molar-refractivity contribution is 0.100. The van der Waals surface area contributed by atoms with E-state index in [4.69, 9.17) is 10.7 Å². The predicted molar refractivity (Wildman–Crippen MR) is 83.3 cm³/mol. The fourth-order valence-corrected chi connectivity index (χ4v) is 3.26. The molecule has 112 valence electrons. The van der Waals surface area contributed by atoms with Gasteiger partial charge in [0.25, 0.3) is 5.91 Å². The van der Waals surface area contributed by atoms with Crippen LogP contribution in [-0.2, 0) is 7.05 Å². The zero-order valence-electron chi connectivity index (χ0n) is 12.8. The third kappa shape index (κ3) is 2.31. The Labute approximate surface area is 124 Å². The number of carbonyl (C=O) groups excluding carboxylic acids is 1. The van der Waals surface area contributed by atoms with Crippen molar-refractivity contribution in [3.8, 4) is 0 Å². The zero-order valence-corrected chi connectivity index (χ0v) is 12.8. The number of nitrogens with zero attached hydrogens (tertiary/aromatic N) is 3. The molecule has 5 nitrogen and oxygen atoms in total. The molecule has 1 aromatic heterocycles. The van der Waals surface area contributed by atoms with E-state index in [0.29, 0.717) is 17.5 Å². The molecule has 1 aliphatic rings. The standard InChI is InChI=1S/C16H22N4O/c1-10(2)20-8-7-11(9-20)16-18-14-12(15(17)21)5-4-6-13(14)19(16)3/h4-6,10-11H,7-9H2,1-3H3,(H2,17,21). The van der Waals surface area contributed by atoms with Gasteiger partial charge in [-0.25, -0.2) is 4.98 Å². The second kappa shape index (κ2) is 5.15. The van der Waals surface area contributed by atoms with Crippen molar-refractivity contribution >= 4 is 16.9 Å². The molecule has 2 aromatic rings. The fraction of sp³-hybridized carbons (Fsp3) is 0.500. The number of rotatable bonds is 3. The molecule has 1 fully saturated rings. The molecule has 0 spiro atoms. The van der Waals surface area contributed by atoms with Crippen molar-refractivity contribution in [2.24, 2.45) is 12.8 Å². The summed E-state index contributed by atoms with van der Waals surface area (Å²) < 4.78 is 2.11. The van der Waals surface area contributed by atoms with Crippen molar-refractivity contribution in [1.82, 2.24) is 14.5 Å². The maximum atomic E-state index is 11.6. The Kier molecular flexibility index (Phi) is 3.45. The minimum absolute atomic E-state index is 0.416. The molecule has 2 N–H and O–H groups in total. The lowest BCUT2D eigenvalue weighted by atomic mass is 10.1. The van der Waals surface area contributed by atoms with Crippen LogP contribution in [0, 0.1) is 0 Å². The number of fused-ring (bicyclic) bond motifs is 1. The summed E-state index contributed by atoms with van der Waals surface area (Å²) in [6.45, 7) is 6.58. The van der Waals surface area contributed by atoms with Gasteiger partial charge in [0.2, 0.25) is 0 Å². The third-order valence-electron chi connectivity index (χ3n) is 4.53. The van der Waals surface area contributed by atoms with Crippen LogP contribution in [0.3, 0.4) is 0 Å². The van der Waals surface area contributed by atoms with Gasteiger partial charge in [0.15, 0.2) is 0 Å². The first-order valence-corrected chi connectivity index (χ1v) is 7.48. The molecule has 2 heterocycles. The summed E-state index contributed by atoms with van der Waals surface area (Å²) in [6, 6.07) is 6.17. The van der Waals surface area contributed by atoms with Crippen LogP contribution in [0.4, 0.5) is 0 Å². The van der Waals surface area contributed by atoms with Crippen molar-refractivity contribution in [2.75, 3.05) is 13.1 Å². The van der Waals surface area contributed by atoms with Crippen molar-refractivity contribution in [3.63, 3.8) is 0 Å². The lowest BCUT2D eigenvalue weighted by Gasteiger charge is -2.20. The Morgan fingerprint density at radius 2 is 2.19 bits per heavy atom. The largest absolute Gasteiger partial charge is 0.366 e. The van der Waals surface area contributed by atoms with E-state index < -0.39 is 5.91 Å². The summed E-state index contributed by atoms with van der Waals surface area (Å²) >= 11 is 0. The van der Waals surface area contributed by atoms with Gasteiger partial charge in [0.05, 0.1) is 11.1 Å². The van der Waals surface area contributed by atoms with Crippen LogP contribution >= 0.6 is 0 Å². The minimum atomic E-state index is -0.416. The number of amides is 1. The Morgan fingerprint density at radius 1 is 1.43 bits per heavy atom. The average molecular weight is 286 g/mol. The highest BCUT2D eigenvalue weighted by atomic mass is 16.1. The molecular formula is C16H22N4O. The normalized spacial score (nSPS) is 19.7. The Hall–Kier alpha value is -1.88. The quantitative estimate of drug-likeness (QED) is 0.937. The number of aryl methyl sites for hydroxylation is 1. The van der Waals surface area contributed by atoms with E-state index in [9.17, 15) is 4.79 Å². The number of nitrogens with two attached hydrogens (primary N) is 1. The highest BCUT2D eigenvalue weighted by Gasteiger charge is 2.29. The number of hydrogen-bond acceptors (Lipinski definition) is 3. The van der Waals surface area contributed by atoms with Crippen molar-refractivity contribution in [2.45, 2.75) is 32.2 Å². The number of imidazole rings is 1. The molecule has 1 unspecified atom stereocenters. The predicted octanol–water partition coefficient (Wildman–Crippen LogP) is 1.87. The van der Waals surface area contributed by atoms with Crippen molar-refractivity contribution in [1.29, 1.82) is 0 Å². The summed E-state index contributed by atoms with van der Waals surface area (Å²) in [5.41, 5.74) is 7.67. The van der Waals surface area contributed by atoms with E-state index in [-0.39, 0.29) is 0 Å². The molecule has 1 aromatic carbocycles. The van der Waals surface area contributed by atoms with Crippen LogP contribution in [-0.4, -0.2) is 39.5 Å². The van der Waals surface area contributed by atoms with Crippen molar-refractivity contribution in [3.05, 3.63) is 29.6 Å². The highest BCUT2D eigenvalue weighted by molar-refractivity contribution is 6.04. The molecule has 5 heteroatoms. The number of hydrogen-bond donors (Lipinski definition) is 1. The van der Waals surface area contributed by atoms with E-state index in [1.54, 1.807) is 6.07 Å². The molecule has 0 radical (unpaired) electrons. The van der Waals surface area contributed by atoms with Gasteiger partial charge < -0.3 is 15.2 Å². The maximum Gasteiger partial charge on any atom is 0.250 e. The average Bonchev–Trinajstić information content (AvgIpc) is 3.03. The van der Waals surface area contributed by atoms with Gasteiger partial charge in [0.1, 0.15) is 11.3 Å². The molecule has 1 amide bonds. The van der Waals surface area contributed by atoms with E-state index in [2.05, 4.69) is 23.3 Å². The summed E-state index contributed by atoms with van der Waals surface area (Å²) in [7, 11) is 2.02. The monoisotopic (exact) mass is 286 g/mol. The smallest absolute Gasteiger partial charge is 0.250 e. The second-order valence-electron chi connectivity index (χ2n) is 6.14. The van der Waals surface area contributed by atoms with Crippen LogP contribution in [0.15, 0.2) is 18.2 Å². The van der Waals surface area contributed by atoms with E-state index in [1.807, 2.05) is 19.2 Å². The molecule has 21 heavy (non-hydrogen) atoms. The number of benzene rings is 1. The first kappa shape index (κ1) is 14.1. The molecule has 1 atom stereocenters. The maximum absolute atomic E-state index is 11.6. The molecular weight excluding hydrogens is 264 g/mol. The summed E-state index contributed by atoms with van der Waals surface area (Å²) in [5, 5.41) is 0. The van der Waals surface area contributed by atoms with Crippen LogP contribution in [0.2, 0.25) is 0 Å². The Morgan fingerprint density at radius 3 is 2.81 bits per heavy atom. The van der Waals surface area contributed by atoms with E-state index in [0.717, 1.165) is 36.4 Å². The first-order chi connectivity index (χ1) is 9.99. The van der Waals surface area contributed by atoms with Crippen molar-refractivity contribution < 1.29 is 4.79 Å². The first-order valence-electron chi connectivity index (χ1n) is 7.48. The van der Waals surface area contributed by atoms with Crippen LogP contribution in [0.1, 0.15) is 42.4 Å². The van der Waals surface area contributed by atoms with Crippen LogP contribution < -0.4 is 5.73 Å². The Bertz CT molecular complexity index is 689. The number of carbonyl (C=O) groups is 1. The van der Waals surface area contributed by atoms with E-state index >= 15 is 0 Å². The molecule has 0 aliphatic carbocycles. The molecule has 1 aliphatic heterocycles. The van der Waals surface area contributed by atoms with Gasteiger partial charge in [-0.05, 0) is 38.9 Å². The molecule has 1 saturated heterocycles. The summed E-state index contributed by atoms with van der Waals surface area (Å²) in [4.78, 5) is 18.8. The van der Waals surface area contributed by atoms with Gasteiger partial charge in [-0.1, -0.05) is 6.07 Å². The van der Waals surface area contributed by atoms with Gasteiger partial charge in [-0.15, -0.1) is 0 Å². The third-order valence-corrected chi connectivity index (χ3v) is 4.53. The van der Waals surface area contributed by atoms with Gasteiger partial charge in [0, 0.05) is 25.6 Å². The molecule has 3 rings (SSSR count). The van der Waals surface area contributed by atoms with Gasteiger partial charge in [-0.2, -0.15) is 0 Å². The number of primary amides is 1. The minimum Gasteiger partial charge on any atom is -0.366 e. The van der Waals surface area contributed by atoms with Crippen LogP contribution in [0.25, 0.3) is 11.0 Å². The Balaban J connectivity index is 2.03. The fourth-order valence-electron chi connectivity index (χ4n) is 3.26. The topological polar surface area (TPSA) is 64.2 Å². The lowest BCUT2D eigenvalue weighted by Crippen LogP contribution is -2.28. The zero-order chi connectivity index (χ0) is 15.1. The van der Waals surface area contributed by atoms with Gasteiger partial charge >= 0.3 is 0 Å². The molecule has 0 saturated carbocycles. The van der Waals surface area contributed by atoms with Gasteiger partial charge in [-0.3, -0.25) is 4.79 Å². The molecule has 0 bridgehead atoms. The highest BCUT2D eigenvalue weighted by Crippen LogP contribution is 2.30.